The van der Waals surface area contributed by atoms with Crippen LogP contribution in [0.2, 0.25) is 0 Å². The van der Waals surface area contributed by atoms with Gasteiger partial charge in [-0.25, -0.2) is 0 Å². The fourth-order valence-corrected chi connectivity index (χ4v) is 5.40. The highest BCUT2D eigenvalue weighted by atomic mass is 16.5. The number of hydrogen-bond acceptors (Lipinski definition) is 4. The zero-order valence-corrected chi connectivity index (χ0v) is 17.3. The van der Waals surface area contributed by atoms with Crippen LogP contribution in [-0.2, 0) is 9.53 Å². The maximum Gasteiger partial charge on any atom is 0.265 e. The molecule has 2 saturated heterocycles. The SMILES string of the molecule is CCOCC[C@@H]1CC2CC[C@H](C1)N2CC(C)CN1C(=O)COc2ccccc21. The van der Waals surface area contributed by atoms with Gasteiger partial charge in [-0.2, -0.15) is 0 Å². The molecule has 5 nitrogen and oxygen atoms in total. The van der Waals surface area contributed by atoms with Gasteiger partial charge in [0.15, 0.2) is 6.61 Å². The van der Waals surface area contributed by atoms with Crippen LogP contribution >= 0.6 is 0 Å². The summed E-state index contributed by atoms with van der Waals surface area (Å²) < 4.78 is 11.2. The average Bonchev–Trinajstić information content (AvgIpc) is 2.92. The van der Waals surface area contributed by atoms with Gasteiger partial charge in [0.2, 0.25) is 0 Å². The van der Waals surface area contributed by atoms with Crippen molar-refractivity contribution in [1.29, 1.82) is 0 Å². The minimum absolute atomic E-state index is 0.0724. The number of hydrogen-bond donors (Lipinski definition) is 0. The molecule has 1 amide bonds. The van der Waals surface area contributed by atoms with Gasteiger partial charge >= 0.3 is 0 Å². The first-order chi connectivity index (χ1) is 13.7. The van der Waals surface area contributed by atoms with E-state index in [4.69, 9.17) is 9.47 Å². The van der Waals surface area contributed by atoms with Crippen molar-refractivity contribution in [3.8, 4) is 5.75 Å². The molecule has 3 aliphatic heterocycles. The Bertz CT molecular complexity index is 666. The molecule has 2 bridgehead atoms. The number of anilines is 1. The molecule has 2 unspecified atom stereocenters. The largest absolute Gasteiger partial charge is 0.482 e. The molecule has 2 fully saturated rings. The number of piperidine rings is 1. The number of carbonyl (C=O) groups excluding carboxylic acids is 1. The Morgan fingerprint density at radius 1 is 1.18 bits per heavy atom. The first-order valence-electron chi connectivity index (χ1n) is 11.0. The summed E-state index contributed by atoms with van der Waals surface area (Å²) >= 11 is 0. The van der Waals surface area contributed by atoms with Crippen LogP contribution in [-0.4, -0.2) is 55.8 Å². The first-order valence-corrected chi connectivity index (χ1v) is 11.0. The van der Waals surface area contributed by atoms with Crippen LogP contribution in [0.25, 0.3) is 0 Å². The van der Waals surface area contributed by atoms with Gasteiger partial charge in [-0.3, -0.25) is 9.69 Å². The lowest BCUT2D eigenvalue weighted by molar-refractivity contribution is -0.121. The summed E-state index contributed by atoms with van der Waals surface area (Å²) in [6.45, 7) is 8.10. The minimum Gasteiger partial charge on any atom is -0.482 e. The first kappa shape index (κ1) is 19.7. The van der Waals surface area contributed by atoms with Gasteiger partial charge in [-0.05, 0) is 63.0 Å². The topological polar surface area (TPSA) is 42.0 Å². The number of rotatable bonds is 8. The lowest BCUT2D eigenvalue weighted by Gasteiger charge is -2.41. The molecule has 154 valence electrons. The zero-order valence-electron chi connectivity index (χ0n) is 17.3. The summed E-state index contributed by atoms with van der Waals surface area (Å²) in [5.41, 5.74) is 0.920. The lowest BCUT2D eigenvalue weighted by Crippen LogP contribution is -2.48. The van der Waals surface area contributed by atoms with E-state index in [1.54, 1.807) is 0 Å². The minimum atomic E-state index is 0.0724. The van der Waals surface area contributed by atoms with E-state index in [9.17, 15) is 4.79 Å². The highest BCUT2D eigenvalue weighted by molar-refractivity contribution is 5.97. The van der Waals surface area contributed by atoms with E-state index in [-0.39, 0.29) is 12.5 Å². The van der Waals surface area contributed by atoms with Crippen molar-refractivity contribution in [3.05, 3.63) is 24.3 Å². The van der Waals surface area contributed by atoms with Gasteiger partial charge in [-0.15, -0.1) is 0 Å². The Balaban J connectivity index is 1.34. The van der Waals surface area contributed by atoms with Gasteiger partial charge in [0.05, 0.1) is 5.69 Å². The smallest absolute Gasteiger partial charge is 0.265 e. The Labute approximate surface area is 169 Å². The summed E-state index contributed by atoms with van der Waals surface area (Å²) in [7, 11) is 0. The van der Waals surface area contributed by atoms with Gasteiger partial charge < -0.3 is 14.4 Å². The van der Waals surface area contributed by atoms with Gasteiger partial charge in [0.25, 0.3) is 5.91 Å². The summed E-state index contributed by atoms with van der Waals surface area (Å²) in [5.74, 6) is 2.16. The van der Waals surface area contributed by atoms with Gasteiger partial charge in [-0.1, -0.05) is 19.1 Å². The molecule has 1 aromatic rings. The standard InChI is InChI=1S/C23H34N2O3/c1-3-27-11-10-18-12-19-8-9-20(13-18)24(19)14-17(2)15-25-21-6-4-5-7-22(21)28-16-23(25)26/h4-7,17-20H,3,8-16H2,1-2H3/t17?,18-,19+,20?/m0/s1. The van der Waals surface area contributed by atoms with Crippen molar-refractivity contribution in [2.75, 3.05) is 37.8 Å². The number of benzene rings is 1. The molecule has 3 heterocycles. The second-order valence-corrected chi connectivity index (χ2v) is 8.77. The predicted octanol–water partition coefficient (Wildman–Crippen LogP) is 3.72. The molecule has 28 heavy (non-hydrogen) atoms. The van der Waals surface area contributed by atoms with Gasteiger partial charge in [0.1, 0.15) is 5.75 Å². The molecule has 0 N–H and O–H groups in total. The van der Waals surface area contributed by atoms with E-state index in [0.717, 1.165) is 55.7 Å². The van der Waals surface area contributed by atoms with E-state index in [1.807, 2.05) is 29.2 Å². The Morgan fingerprint density at radius 3 is 2.68 bits per heavy atom. The number of amides is 1. The van der Waals surface area contributed by atoms with E-state index >= 15 is 0 Å². The third kappa shape index (κ3) is 4.20. The van der Waals surface area contributed by atoms with Crippen molar-refractivity contribution in [2.24, 2.45) is 11.8 Å². The molecule has 0 radical (unpaired) electrons. The highest BCUT2D eigenvalue weighted by Gasteiger charge is 2.41. The van der Waals surface area contributed by atoms with E-state index in [1.165, 1.54) is 32.1 Å². The molecular weight excluding hydrogens is 352 g/mol. The summed E-state index contributed by atoms with van der Waals surface area (Å²) in [4.78, 5) is 17.1. The van der Waals surface area contributed by atoms with Crippen LogP contribution in [0.15, 0.2) is 24.3 Å². The zero-order chi connectivity index (χ0) is 19.5. The van der Waals surface area contributed by atoms with E-state index in [0.29, 0.717) is 5.92 Å². The predicted molar refractivity (Wildman–Crippen MR) is 111 cm³/mol. The number of ether oxygens (including phenoxy) is 2. The summed E-state index contributed by atoms with van der Waals surface area (Å²) in [6, 6.07) is 9.33. The molecule has 4 rings (SSSR count). The number of fused-ring (bicyclic) bond motifs is 3. The van der Waals surface area contributed by atoms with Crippen molar-refractivity contribution in [2.45, 2.75) is 58.0 Å². The summed E-state index contributed by atoms with van der Waals surface area (Å²) in [5, 5.41) is 0. The van der Waals surface area contributed by atoms with Crippen LogP contribution in [0, 0.1) is 11.8 Å². The van der Waals surface area contributed by atoms with E-state index in [2.05, 4.69) is 18.7 Å². The molecule has 4 atom stereocenters. The quantitative estimate of drug-likeness (QED) is 0.639. The maximum atomic E-state index is 12.5. The molecule has 0 aromatic heterocycles. The molecule has 0 aliphatic carbocycles. The van der Waals surface area contributed by atoms with Crippen LogP contribution in [0.1, 0.15) is 46.0 Å². The molecule has 0 saturated carbocycles. The second-order valence-electron chi connectivity index (χ2n) is 8.77. The maximum absolute atomic E-state index is 12.5. The normalized spacial score (nSPS) is 28.1. The number of carbonyl (C=O) groups is 1. The van der Waals surface area contributed by atoms with Crippen molar-refractivity contribution >= 4 is 11.6 Å². The number of para-hydroxylation sites is 2. The fourth-order valence-electron chi connectivity index (χ4n) is 5.40. The average molecular weight is 387 g/mol. The van der Waals surface area contributed by atoms with Crippen molar-refractivity contribution in [3.63, 3.8) is 0 Å². The molecule has 0 spiro atoms. The summed E-state index contributed by atoms with van der Waals surface area (Å²) in [6.07, 6.45) is 6.51. The molecular formula is C23H34N2O3. The Kier molecular flexibility index (Phi) is 6.22. The van der Waals surface area contributed by atoms with Crippen LogP contribution in [0.5, 0.6) is 5.75 Å². The van der Waals surface area contributed by atoms with Crippen molar-refractivity contribution in [1.82, 2.24) is 4.90 Å². The van der Waals surface area contributed by atoms with Crippen LogP contribution in [0.4, 0.5) is 5.69 Å². The van der Waals surface area contributed by atoms with Crippen LogP contribution in [0.3, 0.4) is 0 Å². The third-order valence-corrected chi connectivity index (χ3v) is 6.68. The third-order valence-electron chi connectivity index (χ3n) is 6.68. The molecule has 3 aliphatic rings. The van der Waals surface area contributed by atoms with E-state index < -0.39 is 0 Å². The number of nitrogens with zero attached hydrogens (tertiary/aromatic N) is 2. The second kappa shape index (κ2) is 8.83. The lowest BCUT2D eigenvalue weighted by atomic mass is 9.88. The highest BCUT2D eigenvalue weighted by Crippen LogP contribution is 2.40. The monoisotopic (exact) mass is 386 g/mol. The van der Waals surface area contributed by atoms with Crippen LogP contribution < -0.4 is 9.64 Å². The molecule has 1 aromatic carbocycles. The fraction of sp³-hybridized carbons (Fsp3) is 0.696. The molecule has 5 heteroatoms. The Hall–Kier alpha value is -1.59. The Morgan fingerprint density at radius 2 is 1.93 bits per heavy atom. The van der Waals surface area contributed by atoms with Crippen molar-refractivity contribution < 1.29 is 14.3 Å². The van der Waals surface area contributed by atoms with Gasteiger partial charge in [0, 0.05) is 38.4 Å².